The summed E-state index contributed by atoms with van der Waals surface area (Å²) in [4.78, 5) is 1.24. The van der Waals surface area contributed by atoms with Gasteiger partial charge in [0.05, 0.1) is 6.10 Å². The molecular formula is C11H16OS. The summed E-state index contributed by atoms with van der Waals surface area (Å²) in [5.74, 6) is 0. The molecule has 0 spiro atoms. The lowest BCUT2D eigenvalue weighted by molar-refractivity contribution is 0.166. The van der Waals surface area contributed by atoms with E-state index >= 15 is 0 Å². The van der Waals surface area contributed by atoms with Crippen LogP contribution in [0.5, 0.6) is 0 Å². The van der Waals surface area contributed by atoms with Crippen molar-refractivity contribution in [1.82, 2.24) is 0 Å². The van der Waals surface area contributed by atoms with Gasteiger partial charge in [0.1, 0.15) is 0 Å². The van der Waals surface area contributed by atoms with Crippen molar-refractivity contribution in [1.29, 1.82) is 0 Å². The highest BCUT2D eigenvalue weighted by Gasteiger charge is 2.04. The van der Waals surface area contributed by atoms with Crippen LogP contribution in [0, 0.1) is 0 Å². The number of aliphatic hydroxyl groups is 1. The molecule has 0 saturated heterocycles. The predicted molar refractivity (Wildman–Crippen MR) is 58.1 cm³/mol. The summed E-state index contributed by atoms with van der Waals surface area (Å²) in [5.41, 5.74) is 1.03. The van der Waals surface area contributed by atoms with Crippen molar-refractivity contribution in [3.63, 3.8) is 0 Å². The molecule has 0 saturated carbocycles. The smallest absolute Gasteiger partial charge is 0.0790 e. The molecule has 13 heavy (non-hydrogen) atoms. The zero-order valence-corrected chi connectivity index (χ0v) is 8.97. The van der Waals surface area contributed by atoms with E-state index in [9.17, 15) is 5.11 Å². The number of hydrogen-bond donors (Lipinski definition) is 1. The van der Waals surface area contributed by atoms with Gasteiger partial charge < -0.3 is 5.11 Å². The number of aliphatic hydroxyl groups excluding tert-OH is 1. The summed E-state index contributed by atoms with van der Waals surface area (Å²) in [6.45, 7) is 2.08. The molecule has 0 bridgehead atoms. The normalized spacial score (nSPS) is 12.8. The molecule has 1 unspecified atom stereocenters. The second-order valence-corrected chi connectivity index (χ2v) is 3.96. The zero-order chi connectivity index (χ0) is 9.68. The molecule has 0 fully saturated rings. The molecule has 1 atom stereocenters. The van der Waals surface area contributed by atoms with Crippen molar-refractivity contribution in [2.24, 2.45) is 0 Å². The first-order valence-electron chi connectivity index (χ1n) is 4.60. The Morgan fingerprint density at radius 1 is 1.31 bits per heavy atom. The Morgan fingerprint density at radius 2 is 1.92 bits per heavy atom. The van der Waals surface area contributed by atoms with Crippen molar-refractivity contribution >= 4 is 11.8 Å². The minimum atomic E-state index is -0.291. The zero-order valence-electron chi connectivity index (χ0n) is 8.16. The van der Waals surface area contributed by atoms with E-state index in [0.717, 1.165) is 18.4 Å². The molecule has 1 N–H and O–H groups in total. The summed E-state index contributed by atoms with van der Waals surface area (Å²) < 4.78 is 0. The lowest BCUT2D eigenvalue weighted by Gasteiger charge is -2.09. The van der Waals surface area contributed by atoms with Gasteiger partial charge in [-0.2, -0.15) is 0 Å². The molecular weight excluding hydrogens is 180 g/mol. The van der Waals surface area contributed by atoms with Crippen LogP contribution in [0.15, 0.2) is 29.2 Å². The van der Waals surface area contributed by atoms with Crippen molar-refractivity contribution in [3.05, 3.63) is 29.8 Å². The first-order valence-corrected chi connectivity index (χ1v) is 5.82. The third-order valence-electron chi connectivity index (χ3n) is 2.06. The number of benzene rings is 1. The fourth-order valence-electron chi connectivity index (χ4n) is 1.27. The Kier molecular flexibility index (Phi) is 4.33. The Hall–Kier alpha value is -0.470. The fraction of sp³-hybridized carbons (Fsp3) is 0.455. The van der Waals surface area contributed by atoms with Crippen LogP contribution >= 0.6 is 11.8 Å². The summed E-state index contributed by atoms with van der Waals surface area (Å²) >= 11 is 1.72. The van der Waals surface area contributed by atoms with Gasteiger partial charge in [-0.15, -0.1) is 11.8 Å². The number of hydrogen-bond acceptors (Lipinski definition) is 2. The van der Waals surface area contributed by atoms with E-state index in [4.69, 9.17) is 0 Å². The van der Waals surface area contributed by atoms with E-state index in [1.807, 2.05) is 12.1 Å². The second-order valence-electron chi connectivity index (χ2n) is 3.08. The predicted octanol–water partition coefficient (Wildman–Crippen LogP) is 3.24. The monoisotopic (exact) mass is 196 g/mol. The van der Waals surface area contributed by atoms with Crippen LogP contribution in [0.25, 0.3) is 0 Å². The molecule has 0 radical (unpaired) electrons. The highest BCUT2D eigenvalue weighted by atomic mass is 32.2. The highest BCUT2D eigenvalue weighted by Crippen LogP contribution is 2.21. The van der Waals surface area contributed by atoms with Crippen LogP contribution in [0.1, 0.15) is 31.4 Å². The maximum Gasteiger partial charge on any atom is 0.0790 e. The van der Waals surface area contributed by atoms with Crippen molar-refractivity contribution in [3.8, 4) is 0 Å². The SMILES string of the molecule is CCCC(O)c1ccc(SC)cc1. The van der Waals surface area contributed by atoms with Gasteiger partial charge in [0.25, 0.3) is 0 Å². The lowest BCUT2D eigenvalue weighted by atomic mass is 10.1. The molecule has 0 aromatic heterocycles. The van der Waals surface area contributed by atoms with Crippen LogP contribution in [0.2, 0.25) is 0 Å². The molecule has 2 heteroatoms. The van der Waals surface area contributed by atoms with Gasteiger partial charge in [-0.1, -0.05) is 25.5 Å². The maximum atomic E-state index is 9.68. The average molecular weight is 196 g/mol. The van der Waals surface area contributed by atoms with Gasteiger partial charge >= 0.3 is 0 Å². The molecule has 72 valence electrons. The van der Waals surface area contributed by atoms with E-state index < -0.39 is 0 Å². The first-order chi connectivity index (χ1) is 6.27. The lowest BCUT2D eigenvalue weighted by Crippen LogP contribution is -1.95. The maximum absolute atomic E-state index is 9.68. The average Bonchev–Trinajstić information content (AvgIpc) is 2.18. The van der Waals surface area contributed by atoms with E-state index in [0.29, 0.717) is 0 Å². The third kappa shape index (κ3) is 3.05. The van der Waals surface area contributed by atoms with Crippen LogP contribution < -0.4 is 0 Å². The quantitative estimate of drug-likeness (QED) is 0.746. The van der Waals surface area contributed by atoms with Gasteiger partial charge in [-0.3, -0.25) is 0 Å². The van der Waals surface area contributed by atoms with Gasteiger partial charge in [-0.05, 0) is 30.4 Å². The van der Waals surface area contributed by atoms with Crippen molar-refractivity contribution in [2.75, 3.05) is 6.26 Å². The van der Waals surface area contributed by atoms with Crippen LogP contribution in [-0.2, 0) is 0 Å². The van der Waals surface area contributed by atoms with Crippen molar-refractivity contribution < 1.29 is 5.11 Å². The summed E-state index contributed by atoms with van der Waals surface area (Å²) in [5, 5.41) is 9.68. The molecule has 0 heterocycles. The summed E-state index contributed by atoms with van der Waals surface area (Å²) in [7, 11) is 0. The number of rotatable bonds is 4. The standard InChI is InChI=1S/C11H16OS/c1-3-4-11(12)9-5-7-10(13-2)8-6-9/h5-8,11-12H,3-4H2,1-2H3. The van der Waals surface area contributed by atoms with Gasteiger partial charge in [-0.25, -0.2) is 0 Å². The van der Waals surface area contributed by atoms with Crippen molar-refractivity contribution in [2.45, 2.75) is 30.8 Å². The molecule has 0 aliphatic heterocycles. The van der Waals surface area contributed by atoms with E-state index in [2.05, 4.69) is 25.3 Å². The van der Waals surface area contributed by atoms with Crippen LogP contribution in [0.3, 0.4) is 0 Å². The van der Waals surface area contributed by atoms with Crippen LogP contribution in [-0.4, -0.2) is 11.4 Å². The molecule has 0 aliphatic carbocycles. The minimum absolute atomic E-state index is 0.291. The Balaban J connectivity index is 2.67. The molecule has 1 aromatic rings. The molecule has 0 aliphatic rings. The molecule has 1 nitrogen and oxygen atoms in total. The van der Waals surface area contributed by atoms with Gasteiger partial charge in [0, 0.05) is 4.90 Å². The second kappa shape index (κ2) is 5.30. The molecule has 1 rings (SSSR count). The summed E-state index contributed by atoms with van der Waals surface area (Å²) in [6, 6.07) is 8.12. The van der Waals surface area contributed by atoms with E-state index in [1.165, 1.54) is 4.90 Å². The van der Waals surface area contributed by atoms with Gasteiger partial charge in [0.2, 0.25) is 0 Å². The fourth-order valence-corrected chi connectivity index (χ4v) is 1.67. The number of thioether (sulfide) groups is 1. The van der Waals surface area contributed by atoms with E-state index in [-0.39, 0.29) is 6.10 Å². The molecule has 1 aromatic carbocycles. The van der Waals surface area contributed by atoms with E-state index in [1.54, 1.807) is 11.8 Å². The topological polar surface area (TPSA) is 20.2 Å². The Labute approximate surface area is 84.2 Å². The highest BCUT2D eigenvalue weighted by molar-refractivity contribution is 7.98. The third-order valence-corrected chi connectivity index (χ3v) is 2.81. The Bertz CT molecular complexity index is 243. The Morgan fingerprint density at radius 3 is 2.38 bits per heavy atom. The van der Waals surface area contributed by atoms with Crippen LogP contribution in [0.4, 0.5) is 0 Å². The first kappa shape index (κ1) is 10.6. The van der Waals surface area contributed by atoms with Gasteiger partial charge in [0.15, 0.2) is 0 Å². The largest absolute Gasteiger partial charge is 0.388 e. The minimum Gasteiger partial charge on any atom is -0.388 e. The summed E-state index contributed by atoms with van der Waals surface area (Å²) in [6.07, 6.45) is 3.63. The molecule has 0 amide bonds.